The van der Waals surface area contributed by atoms with Gasteiger partial charge in [-0.2, -0.15) is 0 Å². The van der Waals surface area contributed by atoms with Crippen molar-refractivity contribution in [2.24, 2.45) is 5.73 Å². The highest BCUT2D eigenvalue weighted by molar-refractivity contribution is 5.03. The van der Waals surface area contributed by atoms with E-state index < -0.39 is 5.60 Å². The molecule has 3 heteroatoms. The third kappa shape index (κ3) is 2.35. The second-order valence-corrected chi connectivity index (χ2v) is 5.67. The zero-order valence-corrected chi connectivity index (χ0v) is 9.83. The molecule has 3 fully saturated rings. The van der Waals surface area contributed by atoms with E-state index in [9.17, 15) is 5.11 Å². The second-order valence-electron chi connectivity index (χ2n) is 5.67. The topological polar surface area (TPSA) is 58.8 Å². The molecule has 15 heavy (non-hydrogen) atoms. The van der Waals surface area contributed by atoms with Crippen molar-refractivity contribution in [3.63, 3.8) is 0 Å². The summed E-state index contributed by atoms with van der Waals surface area (Å²) < 4.78 is 5.34. The number of hydrogen-bond donors (Lipinski definition) is 2. The van der Waals surface area contributed by atoms with E-state index in [1.807, 2.05) is 6.92 Å². The molecule has 3 nitrogen and oxygen atoms in total. The van der Waals surface area contributed by atoms with Crippen LogP contribution in [0.2, 0.25) is 0 Å². The molecule has 1 heterocycles. The van der Waals surface area contributed by atoms with E-state index >= 15 is 0 Å². The van der Waals surface area contributed by atoms with Crippen molar-refractivity contribution in [2.75, 3.05) is 0 Å². The summed E-state index contributed by atoms with van der Waals surface area (Å²) in [5.41, 5.74) is 5.35. The lowest BCUT2D eigenvalue weighted by atomic mass is 10.0. The molecule has 1 aliphatic heterocycles. The molecular weight excluding hydrogens is 190 g/mol. The predicted octanol–water partition coefficient (Wildman–Crippen LogP) is 1.58. The third-order valence-corrected chi connectivity index (χ3v) is 4.17. The lowest BCUT2D eigenvalue weighted by Gasteiger charge is -2.20. The first-order chi connectivity index (χ1) is 6.94. The fourth-order valence-corrected chi connectivity index (χ4v) is 2.69. The van der Waals surface area contributed by atoms with Gasteiger partial charge in [-0.05, 0) is 52.4 Å². The van der Waals surface area contributed by atoms with Gasteiger partial charge in [-0.15, -0.1) is 0 Å². The molecule has 0 aromatic rings. The van der Waals surface area contributed by atoms with Crippen LogP contribution in [-0.2, 0) is 4.74 Å². The number of nitrogens with two attached hydrogens (primary N) is 1. The van der Waals surface area contributed by atoms with Gasteiger partial charge in [-0.25, -0.2) is 0 Å². The van der Waals surface area contributed by atoms with Gasteiger partial charge in [0.15, 0.2) is 0 Å². The summed E-state index contributed by atoms with van der Waals surface area (Å²) in [5.74, 6) is 0. The summed E-state index contributed by atoms with van der Waals surface area (Å²) in [5, 5.41) is 9.34. The van der Waals surface area contributed by atoms with Crippen LogP contribution < -0.4 is 5.73 Å². The van der Waals surface area contributed by atoms with Crippen molar-refractivity contribution in [3.8, 4) is 0 Å². The molecular formula is C12H23NO2. The molecule has 3 rings (SSSR count). The van der Waals surface area contributed by atoms with Crippen LogP contribution in [0.1, 0.15) is 52.4 Å². The Morgan fingerprint density at radius 1 is 1.20 bits per heavy atom. The number of aliphatic hydroxyl groups is 1. The van der Waals surface area contributed by atoms with E-state index in [0.717, 1.165) is 19.3 Å². The molecule has 0 aromatic heterocycles. The molecule has 1 saturated heterocycles. The highest BCUT2D eigenvalue weighted by Crippen LogP contribution is 2.49. The average molecular weight is 213 g/mol. The summed E-state index contributed by atoms with van der Waals surface area (Å²) >= 11 is 0. The molecule has 3 N–H and O–H groups in total. The Morgan fingerprint density at radius 3 is 2.00 bits per heavy atom. The first kappa shape index (κ1) is 11.4. The maximum atomic E-state index is 9.34. The highest BCUT2D eigenvalue weighted by Gasteiger charge is 2.55. The van der Waals surface area contributed by atoms with Gasteiger partial charge >= 0.3 is 0 Å². The first-order valence-corrected chi connectivity index (χ1v) is 6.10. The Balaban J connectivity index is 0.000000114. The Morgan fingerprint density at radius 2 is 1.87 bits per heavy atom. The van der Waals surface area contributed by atoms with Crippen LogP contribution in [0.15, 0.2) is 0 Å². The van der Waals surface area contributed by atoms with Crippen LogP contribution in [0.5, 0.6) is 0 Å². The van der Waals surface area contributed by atoms with Gasteiger partial charge < -0.3 is 15.6 Å². The van der Waals surface area contributed by atoms with Crippen LogP contribution in [-0.4, -0.2) is 28.5 Å². The Hall–Kier alpha value is -0.120. The van der Waals surface area contributed by atoms with Crippen molar-refractivity contribution < 1.29 is 9.84 Å². The molecule has 4 atom stereocenters. The zero-order chi connectivity index (χ0) is 11.1. The maximum Gasteiger partial charge on any atom is 0.0920 e. The van der Waals surface area contributed by atoms with E-state index in [0.29, 0.717) is 11.7 Å². The van der Waals surface area contributed by atoms with E-state index in [-0.39, 0.29) is 6.04 Å². The SMILES string of the molecule is CC12CCCC1O2.C[C@@]1(O)CCC[C@H]1N. The maximum absolute atomic E-state index is 9.34. The van der Waals surface area contributed by atoms with Crippen LogP contribution in [0.25, 0.3) is 0 Å². The van der Waals surface area contributed by atoms with Gasteiger partial charge in [0, 0.05) is 6.04 Å². The summed E-state index contributed by atoms with van der Waals surface area (Å²) in [7, 11) is 0. The summed E-state index contributed by atoms with van der Waals surface area (Å²) in [4.78, 5) is 0. The largest absolute Gasteiger partial charge is 0.389 e. The third-order valence-electron chi connectivity index (χ3n) is 4.17. The fourth-order valence-electron chi connectivity index (χ4n) is 2.69. The number of rotatable bonds is 0. The molecule has 2 saturated carbocycles. The molecule has 0 aromatic carbocycles. The minimum absolute atomic E-state index is 0.0162. The zero-order valence-electron chi connectivity index (χ0n) is 9.83. The number of epoxide rings is 1. The Labute approximate surface area is 92.0 Å². The Bertz CT molecular complexity index is 240. The van der Waals surface area contributed by atoms with Crippen LogP contribution >= 0.6 is 0 Å². The summed E-state index contributed by atoms with van der Waals surface area (Å²) in [6.45, 7) is 4.02. The van der Waals surface area contributed by atoms with Gasteiger partial charge in [0.2, 0.25) is 0 Å². The monoisotopic (exact) mass is 213 g/mol. The predicted molar refractivity (Wildman–Crippen MR) is 59.6 cm³/mol. The average Bonchev–Trinajstić information content (AvgIpc) is 2.46. The number of ether oxygens (including phenoxy) is 1. The van der Waals surface area contributed by atoms with Gasteiger partial charge in [0.1, 0.15) is 0 Å². The van der Waals surface area contributed by atoms with Crippen LogP contribution in [0, 0.1) is 0 Å². The van der Waals surface area contributed by atoms with Crippen molar-refractivity contribution in [1.29, 1.82) is 0 Å². The quantitative estimate of drug-likeness (QED) is 0.601. The molecule has 2 unspecified atom stereocenters. The van der Waals surface area contributed by atoms with E-state index in [2.05, 4.69) is 6.92 Å². The molecule has 0 amide bonds. The van der Waals surface area contributed by atoms with E-state index in [4.69, 9.17) is 10.5 Å². The van der Waals surface area contributed by atoms with Gasteiger partial charge in [0.25, 0.3) is 0 Å². The standard InChI is InChI=1S/C6H13NO.C6H10O/c1-6(8)4-2-3-5(6)7;1-6-4-2-3-5(6)7-6/h5,8H,2-4,7H2,1H3;5H,2-4H2,1H3/t5-,6-;/m1./s1. The van der Waals surface area contributed by atoms with Crippen molar-refractivity contribution in [3.05, 3.63) is 0 Å². The molecule has 3 aliphatic rings. The Kier molecular flexibility index (Phi) is 2.82. The molecule has 0 radical (unpaired) electrons. The fraction of sp³-hybridized carbons (Fsp3) is 1.00. The van der Waals surface area contributed by atoms with Crippen molar-refractivity contribution in [2.45, 2.75) is 75.7 Å². The second kappa shape index (κ2) is 3.72. The van der Waals surface area contributed by atoms with Crippen molar-refractivity contribution >= 4 is 0 Å². The summed E-state index contributed by atoms with van der Waals surface area (Å²) in [6, 6.07) is 0.0162. The van der Waals surface area contributed by atoms with Crippen LogP contribution in [0.4, 0.5) is 0 Å². The van der Waals surface area contributed by atoms with Gasteiger partial charge in [-0.3, -0.25) is 0 Å². The minimum atomic E-state index is -0.569. The summed E-state index contributed by atoms with van der Waals surface area (Å²) in [6.07, 6.45) is 7.59. The minimum Gasteiger partial charge on any atom is -0.389 e. The van der Waals surface area contributed by atoms with E-state index in [1.165, 1.54) is 19.3 Å². The molecule has 2 aliphatic carbocycles. The van der Waals surface area contributed by atoms with Gasteiger partial charge in [0.05, 0.1) is 17.3 Å². The lowest BCUT2D eigenvalue weighted by molar-refractivity contribution is 0.0518. The molecule has 88 valence electrons. The number of hydrogen-bond acceptors (Lipinski definition) is 3. The highest BCUT2D eigenvalue weighted by atomic mass is 16.6. The normalized spacial score (nSPS) is 52.0. The smallest absolute Gasteiger partial charge is 0.0920 e. The van der Waals surface area contributed by atoms with Crippen molar-refractivity contribution in [1.82, 2.24) is 0 Å². The lowest BCUT2D eigenvalue weighted by Crippen LogP contribution is -2.40. The first-order valence-electron chi connectivity index (χ1n) is 6.10. The van der Waals surface area contributed by atoms with Gasteiger partial charge in [-0.1, -0.05) is 0 Å². The molecule has 0 spiro atoms. The van der Waals surface area contributed by atoms with Crippen LogP contribution in [0.3, 0.4) is 0 Å². The molecule has 0 bridgehead atoms. The van der Waals surface area contributed by atoms with E-state index in [1.54, 1.807) is 0 Å². The number of fused-ring (bicyclic) bond motifs is 1.